The van der Waals surface area contributed by atoms with Gasteiger partial charge in [0.25, 0.3) is 0 Å². The van der Waals surface area contributed by atoms with Gasteiger partial charge in [-0.15, -0.1) is 0 Å². The first-order valence-electron chi connectivity index (χ1n) is 5.27. The van der Waals surface area contributed by atoms with Crippen molar-refractivity contribution in [1.82, 2.24) is 0 Å². The standard InChI is InChI=1S/C13H11FO4/c1-8-2-3-9(14)6-12(8)17-7-10-4-5-11(18-10)13(15)16/h2-6H,7H2,1H3,(H,15,16). The second-order valence-corrected chi connectivity index (χ2v) is 3.77. The second kappa shape index (κ2) is 4.91. The summed E-state index contributed by atoms with van der Waals surface area (Å²) in [7, 11) is 0. The number of carboxylic acids is 1. The van der Waals surface area contributed by atoms with Crippen LogP contribution in [0.2, 0.25) is 0 Å². The zero-order valence-electron chi connectivity index (χ0n) is 9.64. The van der Waals surface area contributed by atoms with Gasteiger partial charge in [-0.25, -0.2) is 9.18 Å². The van der Waals surface area contributed by atoms with E-state index in [2.05, 4.69) is 0 Å². The monoisotopic (exact) mass is 250 g/mol. The Morgan fingerprint density at radius 2 is 2.17 bits per heavy atom. The molecule has 1 aromatic heterocycles. The van der Waals surface area contributed by atoms with E-state index in [1.807, 2.05) is 0 Å². The first-order valence-corrected chi connectivity index (χ1v) is 5.27. The number of ether oxygens (including phenoxy) is 1. The van der Waals surface area contributed by atoms with Gasteiger partial charge in [0, 0.05) is 6.07 Å². The average Bonchev–Trinajstić information content (AvgIpc) is 2.79. The van der Waals surface area contributed by atoms with Crippen molar-refractivity contribution in [3.8, 4) is 5.75 Å². The molecule has 0 aliphatic heterocycles. The summed E-state index contributed by atoms with van der Waals surface area (Å²) in [6.45, 7) is 1.84. The van der Waals surface area contributed by atoms with Gasteiger partial charge >= 0.3 is 5.97 Å². The van der Waals surface area contributed by atoms with Crippen LogP contribution in [0.25, 0.3) is 0 Å². The Bertz CT molecular complexity index is 574. The van der Waals surface area contributed by atoms with Gasteiger partial charge in [0.05, 0.1) is 0 Å². The van der Waals surface area contributed by atoms with Crippen LogP contribution in [0.4, 0.5) is 4.39 Å². The first kappa shape index (κ1) is 12.2. The van der Waals surface area contributed by atoms with Gasteiger partial charge < -0.3 is 14.3 Å². The van der Waals surface area contributed by atoms with Crippen LogP contribution in [0, 0.1) is 12.7 Å². The Morgan fingerprint density at radius 3 is 2.83 bits per heavy atom. The van der Waals surface area contributed by atoms with Gasteiger partial charge in [-0.3, -0.25) is 0 Å². The van der Waals surface area contributed by atoms with E-state index < -0.39 is 5.97 Å². The maximum absolute atomic E-state index is 13.0. The number of hydrogen-bond acceptors (Lipinski definition) is 3. The molecule has 0 saturated carbocycles. The van der Waals surface area contributed by atoms with Crippen molar-refractivity contribution < 1.29 is 23.4 Å². The lowest BCUT2D eigenvalue weighted by atomic mass is 10.2. The summed E-state index contributed by atoms with van der Waals surface area (Å²) in [6.07, 6.45) is 0. The molecule has 2 aromatic rings. The van der Waals surface area contributed by atoms with E-state index >= 15 is 0 Å². The molecule has 0 amide bonds. The van der Waals surface area contributed by atoms with Crippen molar-refractivity contribution in [1.29, 1.82) is 0 Å². The molecule has 18 heavy (non-hydrogen) atoms. The number of carbonyl (C=O) groups is 1. The van der Waals surface area contributed by atoms with Crippen molar-refractivity contribution in [2.45, 2.75) is 13.5 Å². The Labute approximate surface area is 103 Å². The normalized spacial score (nSPS) is 10.3. The molecule has 0 aliphatic rings. The predicted molar refractivity (Wildman–Crippen MR) is 61.1 cm³/mol. The number of carboxylic acid groups (broad SMARTS) is 1. The van der Waals surface area contributed by atoms with E-state index in [1.54, 1.807) is 13.0 Å². The summed E-state index contributed by atoms with van der Waals surface area (Å²) in [5, 5.41) is 8.68. The number of furan rings is 1. The number of aromatic carboxylic acids is 1. The molecule has 94 valence electrons. The molecule has 1 N–H and O–H groups in total. The molecule has 0 aliphatic carbocycles. The van der Waals surface area contributed by atoms with Crippen molar-refractivity contribution in [2.75, 3.05) is 0 Å². The molecule has 1 aromatic carbocycles. The smallest absolute Gasteiger partial charge is 0.371 e. The van der Waals surface area contributed by atoms with Crippen LogP contribution in [-0.4, -0.2) is 11.1 Å². The highest BCUT2D eigenvalue weighted by Gasteiger charge is 2.10. The van der Waals surface area contributed by atoms with Crippen molar-refractivity contribution in [2.24, 2.45) is 0 Å². The lowest BCUT2D eigenvalue weighted by molar-refractivity contribution is 0.0658. The maximum Gasteiger partial charge on any atom is 0.371 e. The van der Waals surface area contributed by atoms with E-state index in [1.165, 1.54) is 24.3 Å². The Balaban J connectivity index is 2.06. The summed E-state index contributed by atoms with van der Waals surface area (Å²) in [6, 6.07) is 7.08. The minimum Gasteiger partial charge on any atom is -0.485 e. The number of halogens is 1. The van der Waals surface area contributed by atoms with Gasteiger partial charge in [-0.05, 0) is 30.7 Å². The SMILES string of the molecule is Cc1ccc(F)cc1OCc1ccc(C(=O)O)o1. The number of aryl methyl sites for hydroxylation is 1. The summed E-state index contributed by atoms with van der Waals surface area (Å²) in [5.74, 6) is -0.895. The topological polar surface area (TPSA) is 59.7 Å². The highest BCUT2D eigenvalue weighted by molar-refractivity contribution is 5.84. The lowest BCUT2D eigenvalue weighted by Gasteiger charge is -2.07. The van der Waals surface area contributed by atoms with Crippen molar-refractivity contribution in [3.63, 3.8) is 0 Å². The third-order valence-corrected chi connectivity index (χ3v) is 2.39. The van der Waals surface area contributed by atoms with Crippen LogP contribution in [-0.2, 0) is 6.61 Å². The van der Waals surface area contributed by atoms with E-state index in [0.29, 0.717) is 11.5 Å². The minimum absolute atomic E-state index is 0.0531. The molecule has 4 nitrogen and oxygen atoms in total. The molecule has 1 heterocycles. The van der Waals surface area contributed by atoms with Crippen LogP contribution in [0.15, 0.2) is 34.7 Å². The van der Waals surface area contributed by atoms with Gasteiger partial charge in [0.15, 0.2) is 0 Å². The first-order chi connectivity index (χ1) is 8.56. The van der Waals surface area contributed by atoms with Gasteiger partial charge in [-0.1, -0.05) is 6.07 Å². The van der Waals surface area contributed by atoms with Gasteiger partial charge in [0.2, 0.25) is 5.76 Å². The van der Waals surface area contributed by atoms with Crippen LogP contribution >= 0.6 is 0 Å². The summed E-state index contributed by atoms with van der Waals surface area (Å²) in [5.41, 5.74) is 0.793. The molecule has 0 fully saturated rings. The van der Waals surface area contributed by atoms with Gasteiger partial charge in [0.1, 0.15) is 23.9 Å². The van der Waals surface area contributed by atoms with E-state index in [-0.39, 0.29) is 18.2 Å². The lowest BCUT2D eigenvalue weighted by Crippen LogP contribution is -1.97. The Kier molecular flexibility index (Phi) is 3.32. The zero-order chi connectivity index (χ0) is 13.1. The highest BCUT2D eigenvalue weighted by atomic mass is 19.1. The predicted octanol–water partition coefficient (Wildman–Crippen LogP) is 3.00. The van der Waals surface area contributed by atoms with E-state index in [9.17, 15) is 9.18 Å². The summed E-state index contributed by atoms with van der Waals surface area (Å²) >= 11 is 0. The molecule has 0 radical (unpaired) electrons. The Hall–Kier alpha value is -2.30. The highest BCUT2D eigenvalue weighted by Crippen LogP contribution is 2.20. The van der Waals surface area contributed by atoms with E-state index in [0.717, 1.165) is 5.56 Å². The number of rotatable bonds is 4. The van der Waals surface area contributed by atoms with E-state index in [4.69, 9.17) is 14.3 Å². The summed E-state index contributed by atoms with van der Waals surface area (Å²) < 4.78 is 23.4. The molecule has 5 heteroatoms. The third-order valence-electron chi connectivity index (χ3n) is 2.39. The van der Waals surface area contributed by atoms with Crippen molar-refractivity contribution >= 4 is 5.97 Å². The molecular formula is C13H11FO4. The molecule has 0 bridgehead atoms. The molecule has 2 rings (SSSR count). The number of benzene rings is 1. The minimum atomic E-state index is -1.14. The fourth-order valence-corrected chi connectivity index (χ4v) is 1.45. The van der Waals surface area contributed by atoms with Crippen LogP contribution in [0.5, 0.6) is 5.75 Å². The third kappa shape index (κ3) is 2.68. The fourth-order valence-electron chi connectivity index (χ4n) is 1.45. The number of hydrogen-bond donors (Lipinski definition) is 1. The molecular weight excluding hydrogens is 239 g/mol. The second-order valence-electron chi connectivity index (χ2n) is 3.77. The molecule has 0 spiro atoms. The quantitative estimate of drug-likeness (QED) is 0.906. The largest absolute Gasteiger partial charge is 0.485 e. The molecule has 0 atom stereocenters. The van der Waals surface area contributed by atoms with Crippen LogP contribution in [0.3, 0.4) is 0 Å². The molecule has 0 unspecified atom stereocenters. The zero-order valence-corrected chi connectivity index (χ0v) is 9.64. The molecule has 0 saturated heterocycles. The van der Waals surface area contributed by atoms with Crippen LogP contribution < -0.4 is 4.74 Å². The fraction of sp³-hybridized carbons (Fsp3) is 0.154. The average molecular weight is 250 g/mol. The van der Waals surface area contributed by atoms with Gasteiger partial charge in [-0.2, -0.15) is 0 Å². The van der Waals surface area contributed by atoms with Crippen molar-refractivity contribution in [3.05, 3.63) is 53.2 Å². The van der Waals surface area contributed by atoms with Crippen LogP contribution in [0.1, 0.15) is 21.9 Å². The Morgan fingerprint density at radius 1 is 1.39 bits per heavy atom. The maximum atomic E-state index is 13.0. The summed E-state index contributed by atoms with van der Waals surface area (Å²) in [4.78, 5) is 10.6.